The average molecular weight is 266 g/mol. The molecule has 0 aromatic rings. The highest BCUT2D eigenvalue weighted by molar-refractivity contribution is 4.96. The van der Waals surface area contributed by atoms with Gasteiger partial charge in [-0.05, 0) is 51.0 Å². The monoisotopic (exact) mass is 266 g/mol. The van der Waals surface area contributed by atoms with Gasteiger partial charge in [0, 0.05) is 37.7 Å². The number of fused-ring (bicyclic) bond motifs is 2. The maximum absolute atomic E-state index is 5.84. The van der Waals surface area contributed by atoms with E-state index >= 15 is 0 Å². The Morgan fingerprint density at radius 1 is 1.37 bits per heavy atom. The van der Waals surface area contributed by atoms with Crippen LogP contribution in [0.4, 0.5) is 0 Å². The maximum Gasteiger partial charge on any atom is 0.0546 e. The fraction of sp³-hybridized carbons (Fsp3) is 1.00. The molecule has 2 bridgehead atoms. The number of nitrogens with one attached hydrogen (secondary N) is 1. The van der Waals surface area contributed by atoms with E-state index in [1.807, 2.05) is 0 Å². The van der Waals surface area contributed by atoms with E-state index in [2.05, 4.69) is 17.1 Å². The van der Waals surface area contributed by atoms with E-state index in [-0.39, 0.29) is 0 Å². The summed E-state index contributed by atoms with van der Waals surface area (Å²) in [5.41, 5.74) is 0.387. The molecular formula is C16H30N2O. The van der Waals surface area contributed by atoms with Crippen LogP contribution in [0.15, 0.2) is 0 Å². The normalized spacial score (nSPS) is 39.0. The van der Waals surface area contributed by atoms with E-state index in [9.17, 15) is 0 Å². The van der Waals surface area contributed by atoms with Crippen molar-refractivity contribution in [3.05, 3.63) is 0 Å². The van der Waals surface area contributed by atoms with Gasteiger partial charge >= 0.3 is 0 Å². The minimum Gasteiger partial charge on any atom is -0.381 e. The van der Waals surface area contributed by atoms with E-state index in [1.54, 1.807) is 0 Å². The molecule has 1 saturated carbocycles. The van der Waals surface area contributed by atoms with Gasteiger partial charge in [-0.1, -0.05) is 6.92 Å². The predicted octanol–water partition coefficient (Wildman–Crippen LogP) is 2.27. The predicted molar refractivity (Wildman–Crippen MR) is 78.3 cm³/mol. The summed E-state index contributed by atoms with van der Waals surface area (Å²) in [4.78, 5) is 2.79. The van der Waals surface area contributed by atoms with E-state index in [0.29, 0.717) is 5.41 Å². The van der Waals surface area contributed by atoms with Crippen molar-refractivity contribution >= 4 is 0 Å². The summed E-state index contributed by atoms with van der Waals surface area (Å²) in [6, 6.07) is 0.898. The molecule has 3 heteroatoms. The molecular weight excluding hydrogens is 236 g/mol. The van der Waals surface area contributed by atoms with Gasteiger partial charge in [-0.2, -0.15) is 0 Å². The van der Waals surface area contributed by atoms with Crippen LogP contribution in [0.2, 0.25) is 0 Å². The van der Waals surface area contributed by atoms with E-state index < -0.39 is 0 Å². The van der Waals surface area contributed by atoms with Crippen LogP contribution >= 0.6 is 0 Å². The van der Waals surface area contributed by atoms with Crippen molar-refractivity contribution in [1.29, 1.82) is 0 Å². The molecule has 0 radical (unpaired) electrons. The van der Waals surface area contributed by atoms with Gasteiger partial charge in [0.05, 0.1) is 6.61 Å². The van der Waals surface area contributed by atoms with Gasteiger partial charge < -0.3 is 10.1 Å². The van der Waals surface area contributed by atoms with Crippen molar-refractivity contribution in [3.63, 3.8) is 0 Å². The lowest BCUT2D eigenvalue weighted by Gasteiger charge is -2.42. The molecule has 2 saturated heterocycles. The van der Waals surface area contributed by atoms with E-state index in [4.69, 9.17) is 4.74 Å². The molecule has 1 N–H and O–H groups in total. The Bertz CT molecular complexity index is 288. The van der Waals surface area contributed by atoms with Crippen molar-refractivity contribution in [2.24, 2.45) is 11.3 Å². The summed E-state index contributed by atoms with van der Waals surface area (Å²) in [7, 11) is 0. The first-order valence-corrected chi connectivity index (χ1v) is 8.34. The van der Waals surface area contributed by atoms with Crippen LogP contribution in [-0.4, -0.2) is 50.3 Å². The van der Waals surface area contributed by atoms with Crippen LogP contribution in [0, 0.1) is 11.3 Å². The van der Waals surface area contributed by atoms with Crippen LogP contribution < -0.4 is 5.32 Å². The Kier molecular flexibility index (Phi) is 4.45. The second kappa shape index (κ2) is 6.11. The third-order valence-corrected chi connectivity index (χ3v) is 5.39. The van der Waals surface area contributed by atoms with Crippen LogP contribution in [0.3, 0.4) is 0 Å². The fourth-order valence-corrected chi connectivity index (χ4v) is 4.41. The van der Waals surface area contributed by atoms with Crippen LogP contribution in [0.5, 0.6) is 0 Å². The molecule has 110 valence electrons. The summed E-state index contributed by atoms with van der Waals surface area (Å²) in [5.74, 6) is 1.01. The van der Waals surface area contributed by atoms with Gasteiger partial charge in [-0.15, -0.1) is 0 Å². The smallest absolute Gasteiger partial charge is 0.0546 e. The van der Waals surface area contributed by atoms with Gasteiger partial charge in [-0.25, -0.2) is 0 Å². The number of hydrogen-bond acceptors (Lipinski definition) is 3. The Morgan fingerprint density at radius 2 is 2.32 bits per heavy atom. The largest absolute Gasteiger partial charge is 0.381 e. The first-order chi connectivity index (χ1) is 9.31. The van der Waals surface area contributed by atoms with Crippen LogP contribution in [0.25, 0.3) is 0 Å². The zero-order chi connectivity index (χ0) is 13.1. The quantitative estimate of drug-likeness (QED) is 0.746. The van der Waals surface area contributed by atoms with Crippen LogP contribution in [-0.2, 0) is 4.74 Å². The SMILES string of the molecule is CCCNCC1(CN2CC3CCC2C3)CCCOC1. The molecule has 3 fully saturated rings. The third kappa shape index (κ3) is 3.14. The highest BCUT2D eigenvalue weighted by Gasteiger charge is 2.42. The van der Waals surface area contributed by atoms with E-state index in [0.717, 1.165) is 38.3 Å². The van der Waals surface area contributed by atoms with Gasteiger partial charge in [0.2, 0.25) is 0 Å². The molecule has 3 rings (SSSR count). The molecule has 3 unspecified atom stereocenters. The lowest BCUT2D eigenvalue weighted by atomic mass is 9.81. The molecule has 3 atom stereocenters. The van der Waals surface area contributed by atoms with Gasteiger partial charge in [0.1, 0.15) is 0 Å². The molecule has 0 amide bonds. The molecule has 0 aromatic heterocycles. The first kappa shape index (κ1) is 13.8. The summed E-state index contributed by atoms with van der Waals surface area (Å²) in [6.45, 7) is 9.11. The lowest BCUT2D eigenvalue weighted by Crippen LogP contribution is -2.50. The summed E-state index contributed by atoms with van der Waals surface area (Å²) < 4.78 is 5.84. The van der Waals surface area contributed by atoms with Crippen molar-refractivity contribution in [2.75, 3.05) is 39.4 Å². The fourth-order valence-electron chi connectivity index (χ4n) is 4.41. The Balaban J connectivity index is 1.58. The average Bonchev–Trinajstić information content (AvgIpc) is 3.02. The number of nitrogens with zero attached hydrogens (tertiary/aromatic N) is 1. The number of likely N-dealkylation sites (tertiary alicyclic amines) is 1. The first-order valence-electron chi connectivity index (χ1n) is 8.34. The molecule has 1 aliphatic carbocycles. The molecule has 0 aromatic carbocycles. The zero-order valence-electron chi connectivity index (χ0n) is 12.5. The highest BCUT2D eigenvalue weighted by atomic mass is 16.5. The van der Waals surface area contributed by atoms with Crippen LogP contribution in [0.1, 0.15) is 45.4 Å². The maximum atomic E-state index is 5.84. The molecule has 2 aliphatic heterocycles. The summed E-state index contributed by atoms with van der Waals surface area (Å²) >= 11 is 0. The summed E-state index contributed by atoms with van der Waals surface area (Å²) in [6.07, 6.45) is 8.22. The van der Waals surface area contributed by atoms with Gasteiger partial charge in [-0.3, -0.25) is 4.90 Å². The Labute approximate surface area is 118 Å². The Hall–Kier alpha value is -0.120. The van der Waals surface area contributed by atoms with Gasteiger partial charge in [0.25, 0.3) is 0 Å². The molecule has 19 heavy (non-hydrogen) atoms. The number of piperidine rings is 1. The Morgan fingerprint density at radius 3 is 2.95 bits per heavy atom. The lowest BCUT2D eigenvalue weighted by molar-refractivity contribution is -0.0305. The minimum absolute atomic E-state index is 0.387. The number of ether oxygens (including phenoxy) is 1. The third-order valence-electron chi connectivity index (χ3n) is 5.39. The minimum atomic E-state index is 0.387. The molecule has 2 heterocycles. The van der Waals surface area contributed by atoms with Gasteiger partial charge in [0.15, 0.2) is 0 Å². The highest BCUT2D eigenvalue weighted by Crippen LogP contribution is 2.40. The zero-order valence-corrected chi connectivity index (χ0v) is 12.5. The summed E-state index contributed by atoms with van der Waals surface area (Å²) in [5, 5.41) is 3.66. The van der Waals surface area contributed by atoms with Crippen molar-refractivity contribution in [3.8, 4) is 0 Å². The number of hydrogen-bond donors (Lipinski definition) is 1. The standard InChI is InChI=1S/C16H30N2O/c1-2-7-17-11-16(6-3-8-19-13-16)12-18-10-14-4-5-15(18)9-14/h14-15,17H,2-13H2,1H3. The van der Waals surface area contributed by atoms with E-state index in [1.165, 1.54) is 51.6 Å². The second-order valence-corrected chi connectivity index (χ2v) is 7.10. The van der Waals surface area contributed by atoms with Crippen molar-refractivity contribution < 1.29 is 4.74 Å². The topological polar surface area (TPSA) is 24.5 Å². The molecule has 0 spiro atoms. The van der Waals surface area contributed by atoms with Crippen molar-refractivity contribution in [2.45, 2.75) is 51.5 Å². The molecule has 3 nitrogen and oxygen atoms in total. The molecule has 3 aliphatic rings. The van der Waals surface area contributed by atoms with Crippen molar-refractivity contribution in [1.82, 2.24) is 10.2 Å². The second-order valence-electron chi connectivity index (χ2n) is 7.10. The number of rotatable bonds is 6.